The first-order valence-electron chi connectivity index (χ1n) is 5.80. The minimum absolute atomic E-state index is 0.290. The molecular weight excluding hydrogens is 200 g/mol. The van der Waals surface area contributed by atoms with Gasteiger partial charge in [0.1, 0.15) is 0 Å². The largest absolute Gasteiger partial charge is 0.387 e. The molecule has 0 radical (unpaired) electrons. The lowest BCUT2D eigenvalue weighted by Crippen LogP contribution is -2.47. The summed E-state index contributed by atoms with van der Waals surface area (Å²) in [5, 5.41) is 10.1. The quantitative estimate of drug-likeness (QED) is 0.803. The van der Waals surface area contributed by atoms with Crippen LogP contribution in [0.1, 0.15) is 19.4 Å². The molecule has 0 spiro atoms. The molecule has 1 aliphatic heterocycles. The van der Waals surface area contributed by atoms with Crippen molar-refractivity contribution in [1.29, 1.82) is 0 Å². The second-order valence-electron chi connectivity index (χ2n) is 5.01. The maximum Gasteiger partial charge on any atom is 0.0915 e. The van der Waals surface area contributed by atoms with E-state index >= 15 is 0 Å². The molecule has 0 saturated carbocycles. The first kappa shape index (κ1) is 11.4. The standard InChI is InChI=1S/C13H20N2O/c1-10-7-11-5-3-4-6-12(11)15(10)9-13(2,16)8-14/h3-6,10,16H,7-9,14H2,1-2H3. The fourth-order valence-corrected chi connectivity index (χ4v) is 2.30. The van der Waals surface area contributed by atoms with Crippen LogP contribution in [0.2, 0.25) is 0 Å². The minimum Gasteiger partial charge on any atom is -0.387 e. The van der Waals surface area contributed by atoms with E-state index in [1.807, 2.05) is 6.07 Å². The Morgan fingerprint density at radius 2 is 2.19 bits per heavy atom. The number of nitrogens with zero attached hydrogens (tertiary/aromatic N) is 1. The van der Waals surface area contributed by atoms with Gasteiger partial charge in [-0.3, -0.25) is 0 Å². The minimum atomic E-state index is -0.814. The topological polar surface area (TPSA) is 49.5 Å². The summed E-state index contributed by atoms with van der Waals surface area (Å²) >= 11 is 0. The average Bonchev–Trinajstić information content (AvgIpc) is 2.56. The predicted octanol–water partition coefficient (Wildman–Crippen LogP) is 1.15. The normalized spacial score (nSPS) is 23.0. The Kier molecular flexibility index (Phi) is 2.91. The summed E-state index contributed by atoms with van der Waals surface area (Å²) in [4.78, 5) is 2.25. The van der Waals surface area contributed by atoms with Gasteiger partial charge in [0.15, 0.2) is 0 Å². The second-order valence-corrected chi connectivity index (χ2v) is 5.01. The van der Waals surface area contributed by atoms with Crippen LogP contribution < -0.4 is 10.6 Å². The third-order valence-electron chi connectivity index (χ3n) is 3.30. The van der Waals surface area contributed by atoms with Crippen molar-refractivity contribution in [1.82, 2.24) is 0 Å². The summed E-state index contributed by atoms with van der Waals surface area (Å²) in [5.74, 6) is 0. The van der Waals surface area contributed by atoms with E-state index in [0.717, 1.165) is 6.42 Å². The van der Waals surface area contributed by atoms with Crippen LogP contribution in [0, 0.1) is 0 Å². The molecule has 0 bridgehead atoms. The zero-order valence-electron chi connectivity index (χ0n) is 9.98. The van der Waals surface area contributed by atoms with E-state index in [0.29, 0.717) is 19.1 Å². The zero-order valence-corrected chi connectivity index (χ0v) is 9.98. The number of aliphatic hydroxyl groups is 1. The number of nitrogens with two attached hydrogens (primary N) is 1. The summed E-state index contributed by atoms with van der Waals surface area (Å²) in [6.45, 7) is 4.87. The number of anilines is 1. The number of β-amino-alcohol motifs (C(OH)–C–C–N with tert-alkyl or cyclic N) is 1. The maximum atomic E-state index is 10.1. The number of fused-ring (bicyclic) bond motifs is 1. The first-order valence-corrected chi connectivity index (χ1v) is 5.80. The fourth-order valence-electron chi connectivity index (χ4n) is 2.30. The van der Waals surface area contributed by atoms with Crippen molar-refractivity contribution in [2.75, 3.05) is 18.0 Å². The number of para-hydroxylation sites is 1. The number of hydrogen-bond donors (Lipinski definition) is 2. The van der Waals surface area contributed by atoms with E-state index in [1.54, 1.807) is 6.92 Å². The van der Waals surface area contributed by atoms with E-state index in [4.69, 9.17) is 5.73 Å². The van der Waals surface area contributed by atoms with Gasteiger partial charge in [-0.15, -0.1) is 0 Å². The number of hydrogen-bond acceptors (Lipinski definition) is 3. The van der Waals surface area contributed by atoms with E-state index in [9.17, 15) is 5.11 Å². The SMILES string of the molecule is CC1Cc2ccccc2N1CC(C)(O)CN. The molecule has 16 heavy (non-hydrogen) atoms. The van der Waals surface area contributed by atoms with Gasteiger partial charge >= 0.3 is 0 Å². The molecule has 0 aromatic heterocycles. The average molecular weight is 220 g/mol. The molecule has 3 N–H and O–H groups in total. The highest BCUT2D eigenvalue weighted by Crippen LogP contribution is 2.32. The van der Waals surface area contributed by atoms with Crippen molar-refractivity contribution >= 4 is 5.69 Å². The van der Waals surface area contributed by atoms with Gasteiger partial charge in [-0.25, -0.2) is 0 Å². The molecule has 3 heteroatoms. The Morgan fingerprint density at radius 1 is 1.50 bits per heavy atom. The van der Waals surface area contributed by atoms with E-state index in [1.165, 1.54) is 11.3 Å². The molecule has 1 heterocycles. The summed E-state index contributed by atoms with van der Waals surface area (Å²) in [6, 6.07) is 8.82. The smallest absolute Gasteiger partial charge is 0.0915 e. The van der Waals surface area contributed by atoms with Crippen LogP contribution in [-0.2, 0) is 6.42 Å². The molecule has 1 aromatic carbocycles. The number of benzene rings is 1. The Morgan fingerprint density at radius 3 is 2.88 bits per heavy atom. The van der Waals surface area contributed by atoms with Crippen LogP contribution in [-0.4, -0.2) is 29.8 Å². The third-order valence-corrected chi connectivity index (χ3v) is 3.30. The van der Waals surface area contributed by atoms with Gasteiger partial charge in [-0.2, -0.15) is 0 Å². The van der Waals surface area contributed by atoms with Crippen molar-refractivity contribution in [3.05, 3.63) is 29.8 Å². The summed E-state index contributed by atoms with van der Waals surface area (Å²) < 4.78 is 0. The van der Waals surface area contributed by atoms with Crippen molar-refractivity contribution in [3.8, 4) is 0 Å². The highest BCUT2D eigenvalue weighted by Gasteiger charge is 2.31. The van der Waals surface area contributed by atoms with Crippen LogP contribution in [0.4, 0.5) is 5.69 Å². The number of rotatable bonds is 3. The van der Waals surface area contributed by atoms with Gasteiger partial charge in [0.25, 0.3) is 0 Å². The second kappa shape index (κ2) is 4.07. The van der Waals surface area contributed by atoms with Crippen LogP contribution >= 0.6 is 0 Å². The summed E-state index contributed by atoms with van der Waals surface area (Å²) in [6.07, 6.45) is 1.05. The zero-order chi connectivity index (χ0) is 11.8. The monoisotopic (exact) mass is 220 g/mol. The molecule has 2 rings (SSSR count). The lowest BCUT2D eigenvalue weighted by Gasteiger charge is -2.32. The Labute approximate surface area is 96.9 Å². The Bertz CT molecular complexity index is 376. The van der Waals surface area contributed by atoms with Crippen LogP contribution in [0.5, 0.6) is 0 Å². The predicted molar refractivity (Wildman–Crippen MR) is 66.6 cm³/mol. The molecule has 1 aliphatic rings. The van der Waals surface area contributed by atoms with Crippen molar-refractivity contribution in [2.45, 2.75) is 31.9 Å². The highest BCUT2D eigenvalue weighted by atomic mass is 16.3. The van der Waals surface area contributed by atoms with Gasteiger partial charge in [0, 0.05) is 24.8 Å². The molecule has 3 nitrogen and oxygen atoms in total. The highest BCUT2D eigenvalue weighted by molar-refractivity contribution is 5.59. The van der Waals surface area contributed by atoms with Gasteiger partial charge in [0.2, 0.25) is 0 Å². The molecule has 0 aliphatic carbocycles. The lowest BCUT2D eigenvalue weighted by atomic mass is 10.1. The van der Waals surface area contributed by atoms with Gasteiger partial charge in [-0.05, 0) is 31.9 Å². The van der Waals surface area contributed by atoms with Crippen molar-refractivity contribution < 1.29 is 5.11 Å². The molecule has 0 fully saturated rings. The van der Waals surface area contributed by atoms with E-state index < -0.39 is 5.60 Å². The Hall–Kier alpha value is -1.06. The fraction of sp³-hybridized carbons (Fsp3) is 0.538. The molecule has 0 saturated heterocycles. The van der Waals surface area contributed by atoms with E-state index in [-0.39, 0.29) is 0 Å². The van der Waals surface area contributed by atoms with Gasteiger partial charge in [-0.1, -0.05) is 18.2 Å². The molecule has 2 unspecified atom stereocenters. The molecule has 2 atom stereocenters. The molecule has 0 amide bonds. The van der Waals surface area contributed by atoms with Crippen molar-refractivity contribution in [3.63, 3.8) is 0 Å². The van der Waals surface area contributed by atoms with Crippen LogP contribution in [0.25, 0.3) is 0 Å². The van der Waals surface area contributed by atoms with Crippen LogP contribution in [0.3, 0.4) is 0 Å². The molecule has 1 aromatic rings. The van der Waals surface area contributed by atoms with Crippen molar-refractivity contribution in [2.24, 2.45) is 5.73 Å². The van der Waals surface area contributed by atoms with Gasteiger partial charge < -0.3 is 15.7 Å². The lowest BCUT2D eigenvalue weighted by molar-refractivity contribution is 0.0749. The maximum absolute atomic E-state index is 10.1. The molecule has 88 valence electrons. The summed E-state index contributed by atoms with van der Waals surface area (Å²) in [7, 11) is 0. The first-order chi connectivity index (χ1) is 7.53. The van der Waals surface area contributed by atoms with Crippen LogP contribution in [0.15, 0.2) is 24.3 Å². The summed E-state index contributed by atoms with van der Waals surface area (Å²) in [5.41, 5.74) is 7.36. The van der Waals surface area contributed by atoms with Gasteiger partial charge in [0.05, 0.1) is 5.60 Å². The molecular formula is C13H20N2O. The Balaban J connectivity index is 2.22. The van der Waals surface area contributed by atoms with E-state index in [2.05, 4.69) is 30.0 Å². The third kappa shape index (κ3) is 2.06.